The third-order valence-corrected chi connectivity index (χ3v) is 2.86. The van der Waals surface area contributed by atoms with Crippen molar-refractivity contribution in [2.24, 2.45) is 5.41 Å². The standard InChI is InChI=1S/C13H27S/c1-13(2,3)11-9-7-5-4-6-8-10-12-14/h4-12H2,1-3H3. The smallest absolute Gasteiger partial charge is 0.00369 e. The van der Waals surface area contributed by atoms with Gasteiger partial charge >= 0.3 is 0 Å². The molecule has 1 radical (unpaired) electrons. The van der Waals surface area contributed by atoms with Crippen molar-refractivity contribution in [1.29, 1.82) is 0 Å². The van der Waals surface area contributed by atoms with E-state index in [9.17, 15) is 0 Å². The quantitative estimate of drug-likeness (QED) is 0.479. The van der Waals surface area contributed by atoms with Gasteiger partial charge in [-0.05, 0) is 18.3 Å². The fraction of sp³-hybridized carbons (Fsp3) is 1.00. The van der Waals surface area contributed by atoms with Crippen molar-refractivity contribution < 1.29 is 0 Å². The van der Waals surface area contributed by atoms with Gasteiger partial charge in [-0.15, -0.1) is 0 Å². The summed E-state index contributed by atoms with van der Waals surface area (Å²) in [6.07, 6.45) is 11.0. The molecule has 0 N–H and O–H groups in total. The summed E-state index contributed by atoms with van der Waals surface area (Å²) in [5.74, 6) is 0.948. The highest BCUT2D eigenvalue weighted by Crippen LogP contribution is 2.22. The fourth-order valence-corrected chi connectivity index (χ4v) is 1.85. The van der Waals surface area contributed by atoms with Crippen molar-refractivity contribution in [2.45, 2.75) is 72.1 Å². The molecular formula is C13H27S. The molecule has 0 rings (SSSR count). The number of rotatable bonds is 8. The second-order valence-corrected chi connectivity index (χ2v) is 5.90. The second-order valence-electron chi connectivity index (χ2n) is 5.49. The summed E-state index contributed by atoms with van der Waals surface area (Å²) in [5, 5.41) is 0. The van der Waals surface area contributed by atoms with E-state index in [1.165, 1.54) is 51.4 Å². The van der Waals surface area contributed by atoms with E-state index < -0.39 is 0 Å². The Bertz CT molecular complexity index is 113. The Morgan fingerprint density at radius 2 is 1.14 bits per heavy atom. The molecule has 0 aliphatic rings. The normalized spacial score (nSPS) is 12.0. The molecule has 0 unspecified atom stereocenters. The van der Waals surface area contributed by atoms with Gasteiger partial charge in [0.15, 0.2) is 0 Å². The predicted molar refractivity (Wildman–Crippen MR) is 68.8 cm³/mol. The predicted octanol–water partition coefficient (Wildman–Crippen LogP) is 5.35. The third-order valence-electron chi connectivity index (χ3n) is 2.57. The van der Waals surface area contributed by atoms with Gasteiger partial charge in [0.05, 0.1) is 0 Å². The first-order valence-electron chi connectivity index (χ1n) is 6.14. The SMILES string of the molecule is CC(C)(C)CCCCCCCCC[S]. The minimum absolute atomic E-state index is 0.530. The average Bonchev–Trinajstić information content (AvgIpc) is 2.08. The Hall–Kier alpha value is 0.350. The minimum Gasteiger partial charge on any atom is -0.0942 e. The summed E-state index contributed by atoms with van der Waals surface area (Å²) in [5.41, 5.74) is 0.530. The maximum atomic E-state index is 4.91. The summed E-state index contributed by atoms with van der Waals surface area (Å²) >= 11 is 4.91. The van der Waals surface area contributed by atoms with Crippen LogP contribution in [-0.2, 0) is 0 Å². The lowest BCUT2D eigenvalue weighted by Gasteiger charge is -2.17. The van der Waals surface area contributed by atoms with E-state index >= 15 is 0 Å². The number of hydrogen-bond donors (Lipinski definition) is 0. The van der Waals surface area contributed by atoms with Crippen LogP contribution in [0.5, 0.6) is 0 Å². The molecule has 0 bridgehead atoms. The Morgan fingerprint density at radius 1 is 0.714 bits per heavy atom. The largest absolute Gasteiger partial charge is 0.0942 e. The van der Waals surface area contributed by atoms with E-state index in [2.05, 4.69) is 20.8 Å². The molecule has 0 nitrogen and oxygen atoms in total. The molecule has 0 atom stereocenters. The van der Waals surface area contributed by atoms with E-state index in [4.69, 9.17) is 12.6 Å². The molecule has 0 fully saturated rings. The van der Waals surface area contributed by atoms with Crippen LogP contribution in [0.4, 0.5) is 0 Å². The Morgan fingerprint density at radius 3 is 1.57 bits per heavy atom. The van der Waals surface area contributed by atoms with Crippen molar-refractivity contribution in [3.8, 4) is 0 Å². The van der Waals surface area contributed by atoms with Gasteiger partial charge in [-0.2, -0.15) is 0 Å². The average molecular weight is 215 g/mol. The van der Waals surface area contributed by atoms with Crippen LogP contribution in [-0.4, -0.2) is 5.75 Å². The fourth-order valence-electron chi connectivity index (χ4n) is 1.64. The van der Waals surface area contributed by atoms with Gasteiger partial charge in [-0.25, -0.2) is 0 Å². The molecule has 0 aliphatic carbocycles. The van der Waals surface area contributed by atoms with Crippen LogP contribution in [0.2, 0.25) is 0 Å². The summed E-state index contributed by atoms with van der Waals surface area (Å²) < 4.78 is 0. The topological polar surface area (TPSA) is 0 Å². The third kappa shape index (κ3) is 12.3. The van der Waals surface area contributed by atoms with Gasteiger partial charge in [-0.3, -0.25) is 0 Å². The number of unbranched alkanes of at least 4 members (excludes halogenated alkanes) is 6. The molecule has 1 heteroatoms. The summed E-state index contributed by atoms with van der Waals surface area (Å²) in [4.78, 5) is 0. The lowest BCUT2D eigenvalue weighted by molar-refractivity contribution is 0.356. The molecule has 14 heavy (non-hydrogen) atoms. The van der Waals surface area contributed by atoms with Crippen molar-refractivity contribution in [1.82, 2.24) is 0 Å². The zero-order valence-electron chi connectivity index (χ0n) is 10.3. The molecule has 0 saturated carbocycles. The van der Waals surface area contributed by atoms with Crippen molar-refractivity contribution in [3.63, 3.8) is 0 Å². The van der Waals surface area contributed by atoms with E-state index in [1.54, 1.807) is 0 Å². The first-order chi connectivity index (χ1) is 6.56. The maximum Gasteiger partial charge on any atom is 0.00369 e. The molecule has 0 aliphatic heterocycles. The molecule has 0 aromatic heterocycles. The lowest BCUT2D eigenvalue weighted by Crippen LogP contribution is -2.03. The summed E-state index contributed by atoms with van der Waals surface area (Å²) in [6.45, 7) is 6.99. The summed E-state index contributed by atoms with van der Waals surface area (Å²) in [7, 11) is 0. The second kappa shape index (κ2) is 8.64. The molecule has 85 valence electrons. The van der Waals surface area contributed by atoms with E-state index in [1.807, 2.05) is 0 Å². The Balaban J connectivity index is 2.99. The van der Waals surface area contributed by atoms with Gasteiger partial charge < -0.3 is 0 Å². The van der Waals surface area contributed by atoms with Crippen molar-refractivity contribution >= 4 is 12.6 Å². The van der Waals surface area contributed by atoms with Crippen LogP contribution >= 0.6 is 12.6 Å². The van der Waals surface area contributed by atoms with Gasteiger partial charge in [0.25, 0.3) is 0 Å². The van der Waals surface area contributed by atoms with Crippen LogP contribution in [0.25, 0.3) is 0 Å². The van der Waals surface area contributed by atoms with Gasteiger partial charge in [-0.1, -0.05) is 71.9 Å². The van der Waals surface area contributed by atoms with Gasteiger partial charge in [0, 0.05) is 5.75 Å². The van der Waals surface area contributed by atoms with Gasteiger partial charge in [0.2, 0.25) is 0 Å². The zero-order valence-corrected chi connectivity index (χ0v) is 11.1. The molecule has 0 aromatic carbocycles. The highest BCUT2D eigenvalue weighted by atomic mass is 32.1. The van der Waals surface area contributed by atoms with Gasteiger partial charge in [0.1, 0.15) is 0 Å². The van der Waals surface area contributed by atoms with E-state index in [0.717, 1.165) is 5.75 Å². The minimum atomic E-state index is 0.530. The Labute approximate surface area is 96.3 Å². The van der Waals surface area contributed by atoms with Crippen LogP contribution < -0.4 is 0 Å². The lowest BCUT2D eigenvalue weighted by atomic mass is 9.89. The van der Waals surface area contributed by atoms with Crippen LogP contribution in [0.3, 0.4) is 0 Å². The van der Waals surface area contributed by atoms with Crippen LogP contribution in [0, 0.1) is 5.41 Å². The van der Waals surface area contributed by atoms with Crippen LogP contribution in [0.1, 0.15) is 72.1 Å². The highest BCUT2D eigenvalue weighted by molar-refractivity contribution is 7.80. The van der Waals surface area contributed by atoms with E-state index in [-0.39, 0.29) is 0 Å². The van der Waals surface area contributed by atoms with Crippen molar-refractivity contribution in [2.75, 3.05) is 5.75 Å². The molecule has 0 amide bonds. The maximum absolute atomic E-state index is 4.91. The molecule has 0 aromatic rings. The van der Waals surface area contributed by atoms with Crippen molar-refractivity contribution in [3.05, 3.63) is 0 Å². The monoisotopic (exact) mass is 215 g/mol. The van der Waals surface area contributed by atoms with Crippen LogP contribution in [0.15, 0.2) is 0 Å². The molecular weight excluding hydrogens is 188 g/mol. The molecule has 0 heterocycles. The first kappa shape index (κ1) is 14.3. The zero-order chi connectivity index (χ0) is 10.9. The Kier molecular flexibility index (Phi) is 8.86. The van der Waals surface area contributed by atoms with E-state index in [0.29, 0.717) is 5.41 Å². The first-order valence-corrected chi connectivity index (χ1v) is 6.72. The molecule has 0 saturated heterocycles. The number of hydrogen-bond acceptors (Lipinski definition) is 0. The summed E-state index contributed by atoms with van der Waals surface area (Å²) in [6, 6.07) is 0. The molecule has 0 spiro atoms. The highest BCUT2D eigenvalue weighted by Gasteiger charge is 2.08.